The molecule has 4 nitrogen and oxygen atoms in total. The van der Waals surface area contributed by atoms with Gasteiger partial charge in [-0.3, -0.25) is 22.9 Å². The van der Waals surface area contributed by atoms with Crippen LogP contribution in [0.3, 0.4) is 0 Å². The summed E-state index contributed by atoms with van der Waals surface area (Å²) in [4.78, 5) is 0. The van der Waals surface area contributed by atoms with Crippen molar-refractivity contribution >= 4 is 0 Å². The minimum Gasteiger partial charge on any atom is -0.288 e. The molecule has 0 saturated carbocycles. The zero-order valence-corrected chi connectivity index (χ0v) is 2.81. The van der Waals surface area contributed by atoms with E-state index < -0.39 is 5.91 Å². The van der Waals surface area contributed by atoms with E-state index in [1.807, 2.05) is 0 Å². The van der Waals surface area contributed by atoms with Gasteiger partial charge in [-0.15, -0.1) is 0 Å². The van der Waals surface area contributed by atoms with Gasteiger partial charge in [-0.2, -0.15) is 0 Å². The Bertz CT molecular complexity index is 19.1. The molecule has 4 heteroatoms. The molecule has 0 bridgehead atoms. The van der Waals surface area contributed by atoms with Gasteiger partial charge in [-0.1, -0.05) is 0 Å². The molecule has 0 saturated heterocycles. The van der Waals surface area contributed by atoms with Gasteiger partial charge >= 0.3 is 0 Å². The van der Waals surface area contributed by atoms with Crippen molar-refractivity contribution in [3.8, 4) is 0 Å². The topological polar surface area (TPSA) is 104 Å². The SMILES string of the molecule is NC(N)(N)N. The lowest BCUT2D eigenvalue weighted by Gasteiger charge is -2.07. The van der Waals surface area contributed by atoms with Gasteiger partial charge < -0.3 is 0 Å². The molecular formula is CH8N4. The number of hydrogen-bond acceptors (Lipinski definition) is 4. The standard InChI is InChI=1S/CH8N4/c2-1(3,4)5/h2-5H2. The largest absolute Gasteiger partial charge is 0.288 e. The summed E-state index contributed by atoms with van der Waals surface area (Å²) in [5.74, 6) is -1.50. The summed E-state index contributed by atoms with van der Waals surface area (Å²) in [6.07, 6.45) is 0. The van der Waals surface area contributed by atoms with Crippen molar-refractivity contribution in [1.29, 1.82) is 0 Å². The Labute approximate surface area is 30.1 Å². The molecule has 0 amide bonds. The van der Waals surface area contributed by atoms with E-state index >= 15 is 0 Å². The van der Waals surface area contributed by atoms with Crippen molar-refractivity contribution in [3.63, 3.8) is 0 Å². The molecule has 8 N–H and O–H groups in total. The molecule has 0 aromatic rings. The number of hydrogen-bond donors (Lipinski definition) is 4. The van der Waals surface area contributed by atoms with Crippen molar-refractivity contribution in [3.05, 3.63) is 0 Å². The Balaban J connectivity index is 3.02. The van der Waals surface area contributed by atoms with Crippen molar-refractivity contribution < 1.29 is 0 Å². The summed E-state index contributed by atoms with van der Waals surface area (Å²) in [7, 11) is 0. The summed E-state index contributed by atoms with van der Waals surface area (Å²) in [6, 6.07) is 0. The Morgan fingerprint density at radius 1 is 0.800 bits per heavy atom. The molecule has 5 heavy (non-hydrogen) atoms. The smallest absolute Gasteiger partial charge is 0.171 e. The van der Waals surface area contributed by atoms with Crippen LogP contribution in [-0.4, -0.2) is 5.91 Å². The molecule has 0 unspecified atom stereocenters. The van der Waals surface area contributed by atoms with Crippen LogP contribution in [0.4, 0.5) is 0 Å². The average Bonchev–Trinajstić information content (AvgIpc) is 0.722. The highest BCUT2D eigenvalue weighted by Gasteiger charge is 1.96. The fourth-order valence-corrected chi connectivity index (χ4v) is 0. The molecule has 0 fully saturated rings. The van der Waals surface area contributed by atoms with E-state index in [9.17, 15) is 0 Å². The first-order valence-corrected chi connectivity index (χ1v) is 1.15. The number of nitrogens with two attached hydrogens (primary N) is 4. The van der Waals surface area contributed by atoms with Crippen LogP contribution < -0.4 is 22.9 Å². The average molecular weight is 76.1 g/mol. The van der Waals surface area contributed by atoms with Gasteiger partial charge in [0.2, 0.25) is 0 Å². The van der Waals surface area contributed by atoms with Gasteiger partial charge in [0.15, 0.2) is 5.91 Å². The summed E-state index contributed by atoms with van der Waals surface area (Å²) in [5.41, 5.74) is 18.8. The Morgan fingerprint density at radius 2 is 0.800 bits per heavy atom. The van der Waals surface area contributed by atoms with E-state index in [1.165, 1.54) is 0 Å². The predicted octanol–water partition coefficient (Wildman–Crippen LogP) is -2.57. The van der Waals surface area contributed by atoms with Crippen LogP contribution in [0.1, 0.15) is 0 Å². The minimum absolute atomic E-state index is 1.50. The van der Waals surface area contributed by atoms with Gasteiger partial charge in [0.05, 0.1) is 0 Å². The van der Waals surface area contributed by atoms with Crippen LogP contribution in [0.2, 0.25) is 0 Å². The second-order valence-corrected chi connectivity index (χ2v) is 1.00. The zero-order chi connectivity index (χ0) is 4.50. The Morgan fingerprint density at radius 3 is 0.800 bits per heavy atom. The van der Waals surface area contributed by atoms with E-state index in [-0.39, 0.29) is 0 Å². The Kier molecular flexibility index (Phi) is 0.879. The van der Waals surface area contributed by atoms with Gasteiger partial charge in [0.25, 0.3) is 0 Å². The molecule has 0 aromatic carbocycles. The third kappa shape index (κ3) is 508. The molecule has 0 radical (unpaired) electrons. The molecule has 0 atom stereocenters. The quantitative estimate of drug-likeness (QED) is 0.238. The van der Waals surface area contributed by atoms with Gasteiger partial charge in [-0.25, -0.2) is 0 Å². The lowest BCUT2D eigenvalue weighted by Crippen LogP contribution is -2.65. The van der Waals surface area contributed by atoms with Gasteiger partial charge in [0.1, 0.15) is 0 Å². The van der Waals surface area contributed by atoms with Crippen molar-refractivity contribution in [2.24, 2.45) is 22.9 Å². The Hall–Kier alpha value is -0.160. The van der Waals surface area contributed by atoms with E-state index in [4.69, 9.17) is 0 Å². The molecule has 0 aromatic heterocycles. The molecular weight excluding hydrogens is 68.0 g/mol. The third-order valence-electron chi connectivity index (χ3n) is 0. The normalized spacial score (nSPS) is 12.0. The van der Waals surface area contributed by atoms with Crippen LogP contribution in [0.25, 0.3) is 0 Å². The maximum absolute atomic E-state index is 4.69. The van der Waals surface area contributed by atoms with Crippen LogP contribution >= 0.6 is 0 Å². The van der Waals surface area contributed by atoms with Crippen molar-refractivity contribution in [2.45, 2.75) is 5.91 Å². The summed E-state index contributed by atoms with van der Waals surface area (Å²) in [6.45, 7) is 0. The van der Waals surface area contributed by atoms with E-state index in [0.29, 0.717) is 0 Å². The summed E-state index contributed by atoms with van der Waals surface area (Å²) < 4.78 is 0. The molecule has 0 rings (SSSR count). The molecule has 0 aliphatic carbocycles. The van der Waals surface area contributed by atoms with Crippen molar-refractivity contribution in [1.82, 2.24) is 0 Å². The monoisotopic (exact) mass is 76.1 g/mol. The lowest BCUT2D eigenvalue weighted by molar-refractivity contribution is 0.484. The molecule has 0 aliphatic heterocycles. The summed E-state index contributed by atoms with van der Waals surface area (Å²) in [5, 5.41) is 0. The highest BCUT2D eigenvalue weighted by atomic mass is 15.2. The van der Waals surface area contributed by atoms with E-state index in [0.717, 1.165) is 0 Å². The lowest BCUT2D eigenvalue weighted by atomic mass is 10.8. The second-order valence-electron chi connectivity index (χ2n) is 1.00. The zero-order valence-electron chi connectivity index (χ0n) is 2.81. The highest BCUT2D eigenvalue weighted by Crippen LogP contribution is 1.43. The second kappa shape index (κ2) is 0.908. The van der Waals surface area contributed by atoms with E-state index in [1.54, 1.807) is 0 Å². The molecule has 32 valence electrons. The van der Waals surface area contributed by atoms with Crippen LogP contribution in [0, 0.1) is 0 Å². The van der Waals surface area contributed by atoms with Crippen LogP contribution in [-0.2, 0) is 0 Å². The third-order valence-corrected chi connectivity index (χ3v) is 0. The predicted molar refractivity (Wildman–Crippen MR) is 19.5 cm³/mol. The number of rotatable bonds is 0. The molecule has 0 aliphatic rings. The van der Waals surface area contributed by atoms with Crippen LogP contribution in [0.15, 0.2) is 0 Å². The summed E-state index contributed by atoms with van der Waals surface area (Å²) >= 11 is 0. The highest BCUT2D eigenvalue weighted by molar-refractivity contribution is 4.51. The van der Waals surface area contributed by atoms with Gasteiger partial charge in [-0.05, 0) is 0 Å². The first-order valence-electron chi connectivity index (χ1n) is 1.15. The van der Waals surface area contributed by atoms with Gasteiger partial charge in [0, 0.05) is 0 Å². The maximum Gasteiger partial charge on any atom is 0.171 e. The fraction of sp³-hybridized carbons (Fsp3) is 1.00. The first kappa shape index (κ1) is 4.84. The van der Waals surface area contributed by atoms with E-state index in [2.05, 4.69) is 22.9 Å². The first-order chi connectivity index (χ1) is 2.00. The fourth-order valence-electron chi connectivity index (χ4n) is 0. The van der Waals surface area contributed by atoms with Crippen molar-refractivity contribution in [2.75, 3.05) is 0 Å². The molecule has 0 spiro atoms. The van der Waals surface area contributed by atoms with Crippen LogP contribution in [0.5, 0.6) is 0 Å². The molecule has 0 heterocycles. The minimum atomic E-state index is -1.50. The maximum atomic E-state index is 4.69.